The van der Waals surface area contributed by atoms with Crippen molar-refractivity contribution in [3.8, 4) is 5.75 Å². The molecule has 1 aromatic rings. The van der Waals surface area contributed by atoms with Crippen molar-refractivity contribution in [2.45, 2.75) is 46.5 Å². The molecule has 27 heavy (non-hydrogen) atoms. The molecule has 1 aliphatic heterocycles. The highest BCUT2D eigenvalue weighted by Gasteiger charge is 2.26. The highest BCUT2D eigenvalue weighted by molar-refractivity contribution is 5.94. The van der Waals surface area contributed by atoms with E-state index in [4.69, 9.17) is 4.74 Å². The lowest BCUT2D eigenvalue weighted by Gasteiger charge is -2.34. The van der Waals surface area contributed by atoms with Crippen LogP contribution < -0.4 is 10.1 Å². The van der Waals surface area contributed by atoms with Gasteiger partial charge in [0.1, 0.15) is 5.75 Å². The lowest BCUT2D eigenvalue weighted by atomic mass is 9.94. The number of ether oxygens (including phenoxy) is 1. The zero-order valence-electron chi connectivity index (χ0n) is 16.5. The topological polar surface area (TPSA) is 75.7 Å². The Morgan fingerprint density at radius 2 is 1.85 bits per heavy atom. The maximum absolute atomic E-state index is 12.4. The summed E-state index contributed by atoms with van der Waals surface area (Å²) in [5, 5.41) is 2.96. The first kappa shape index (κ1) is 20.9. The fraction of sp³-hybridized carbons (Fsp3) is 0.571. The monoisotopic (exact) mass is 374 g/mol. The van der Waals surface area contributed by atoms with E-state index in [9.17, 15) is 14.4 Å². The second-order valence-corrected chi connectivity index (χ2v) is 7.11. The predicted molar refractivity (Wildman–Crippen MR) is 103 cm³/mol. The Bertz CT molecular complexity index is 662. The molecule has 0 spiro atoms. The average Bonchev–Trinajstić information content (AvgIpc) is 2.67. The fourth-order valence-corrected chi connectivity index (χ4v) is 3.46. The summed E-state index contributed by atoms with van der Waals surface area (Å²) < 4.78 is 5.02. The maximum Gasteiger partial charge on any atom is 0.308 e. The van der Waals surface area contributed by atoms with E-state index in [2.05, 4.69) is 19.2 Å². The second kappa shape index (κ2) is 10.1. The summed E-state index contributed by atoms with van der Waals surface area (Å²) in [7, 11) is 0. The molecule has 0 aromatic heterocycles. The normalized spacial score (nSPS) is 14.9. The Hall–Kier alpha value is -2.37. The van der Waals surface area contributed by atoms with Crippen molar-refractivity contribution in [3.63, 3.8) is 0 Å². The molecule has 1 N–H and O–H groups in total. The number of esters is 1. The lowest BCUT2D eigenvalue weighted by Crippen LogP contribution is -2.43. The largest absolute Gasteiger partial charge is 0.427 e. The van der Waals surface area contributed by atoms with Crippen molar-refractivity contribution >= 4 is 17.8 Å². The first-order valence-corrected chi connectivity index (χ1v) is 9.80. The Labute approximate surface area is 161 Å². The summed E-state index contributed by atoms with van der Waals surface area (Å²) in [6, 6.07) is 6.59. The van der Waals surface area contributed by atoms with E-state index >= 15 is 0 Å². The lowest BCUT2D eigenvalue weighted by molar-refractivity contribution is -0.137. The van der Waals surface area contributed by atoms with E-state index in [0.29, 0.717) is 23.8 Å². The molecule has 1 fully saturated rings. The van der Waals surface area contributed by atoms with E-state index < -0.39 is 5.97 Å². The molecule has 6 nitrogen and oxygen atoms in total. The van der Waals surface area contributed by atoms with Gasteiger partial charge in [0.05, 0.1) is 0 Å². The van der Waals surface area contributed by atoms with Gasteiger partial charge in [-0.05, 0) is 49.8 Å². The summed E-state index contributed by atoms with van der Waals surface area (Å²) in [5.74, 6) is 0.539. The maximum atomic E-state index is 12.4. The van der Waals surface area contributed by atoms with Crippen LogP contribution in [0.1, 0.15) is 56.8 Å². The standard InChI is InChI=1S/C21H30N2O4/c1-4-17(5-2)21(26)23-11-9-16(10-12-23)14-22-20(25)18-7-6-8-19(13-18)27-15(3)24/h6-8,13,16-17H,4-5,9-12,14H2,1-3H3,(H,22,25). The predicted octanol–water partition coefficient (Wildman–Crippen LogP) is 3.02. The van der Waals surface area contributed by atoms with Gasteiger partial charge in [-0.1, -0.05) is 19.9 Å². The number of carbonyl (C=O) groups is 3. The highest BCUT2D eigenvalue weighted by Crippen LogP contribution is 2.21. The van der Waals surface area contributed by atoms with Gasteiger partial charge in [0.25, 0.3) is 5.91 Å². The van der Waals surface area contributed by atoms with Gasteiger partial charge >= 0.3 is 5.97 Å². The van der Waals surface area contributed by atoms with Crippen molar-refractivity contribution in [2.75, 3.05) is 19.6 Å². The van der Waals surface area contributed by atoms with E-state index in [1.54, 1.807) is 24.3 Å². The zero-order valence-corrected chi connectivity index (χ0v) is 16.5. The van der Waals surface area contributed by atoms with Crippen LogP contribution in [0.25, 0.3) is 0 Å². The van der Waals surface area contributed by atoms with Crippen molar-refractivity contribution in [3.05, 3.63) is 29.8 Å². The Balaban J connectivity index is 1.80. The van der Waals surface area contributed by atoms with Crippen LogP contribution in [0.3, 0.4) is 0 Å². The smallest absolute Gasteiger partial charge is 0.308 e. The minimum absolute atomic E-state index is 0.130. The summed E-state index contributed by atoms with van der Waals surface area (Å²) in [4.78, 5) is 37.8. The van der Waals surface area contributed by atoms with Gasteiger partial charge in [-0.3, -0.25) is 14.4 Å². The third-order valence-electron chi connectivity index (χ3n) is 5.17. The molecule has 1 aliphatic rings. The van der Waals surface area contributed by atoms with E-state index in [1.165, 1.54) is 6.92 Å². The van der Waals surface area contributed by atoms with Gasteiger partial charge in [-0.15, -0.1) is 0 Å². The highest BCUT2D eigenvalue weighted by atomic mass is 16.5. The number of nitrogens with one attached hydrogen (secondary N) is 1. The quantitative estimate of drug-likeness (QED) is 0.588. The molecule has 1 saturated heterocycles. The molecule has 1 aromatic carbocycles. The summed E-state index contributed by atoms with van der Waals surface area (Å²) in [5.41, 5.74) is 0.468. The molecular weight excluding hydrogens is 344 g/mol. The van der Waals surface area contributed by atoms with Crippen molar-refractivity contribution in [1.82, 2.24) is 10.2 Å². The van der Waals surface area contributed by atoms with Crippen LogP contribution in [0, 0.1) is 11.8 Å². The second-order valence-electron chi connectivity index (χ2n) is 7.11. The van der Waals surface area contributed by atoms with Gasteiger partial charge in [0.2, 0.25) is 5.91 Å². The van der Waals surface area contributed by atoms with Crippen LogP contribution >= 0.6 is 0 Å². The first-order chi connectivity index (χ1) is 12.9. The Kier molecular flexibility index (Phi) is 7.82. The number of piperidine rings is 1. The molecule has 0 bridgehead atoms. The minimum Gasteiger partial charge on any atom is -0.427 e. The molecule has 6 heteroatoms. The number of carbonyl (C=O) groups excluding carboxylic acids is 3. The zero-order chi connectivity index (χ0) is 19.8. The van der Waals surface area contributed by atoms with Crippen LogP contribution in [0.15, 0.2) is 24.3 Å². The van der Waals surface area contributed by atoms with Crippen molar-refractivity contribution in [2.24, 2.45) is 11.8 Å². The third kappa shape index (κ3) is 6.08. The first-order valence-electron chi connectivity index (χ1n) is 9.80. The van der Waals surface area contributed by atoms with Crippen LogP contribution in [-0.4, -0.2) is 42.3 Å². The van der Waals surface area contributed by atoms with E-state index in [1.807, 2.05) is 4.90 Å². The molecule has 0 aliphatic carbocycles. The van der Waals surface area contributed by atoms with Gasteiger partial charge in [-0.2, -0.15) is 0 Å². The molecule has 2 amide bonds. The van der Waals surface area contributed by atoms with Crippen molar-refractivity contribution < 1.29 is 19.1 Å². The molecule has 0 atom stereocenters. The number of likely N-dealkylation sites (tertiary alicyclic amines) is 1. The van der Waals surface area contributed by atoms with E-state index in [0.717, 1.165) is 38.8 Å². The molecule has 1 heterocycles. The minimum atomic E-state index is -0.415. The molecule has 0 unspecified atom stereocenters. The van der Waals surface area contributed by atoms with Gasteiger partial charge in [0.15, 0.2) is 0 Å². The molecule has 2 rings (SSSR count). The Morgan fingerprint density at radius 1 is 1.19 bits per heavy atom. The van der Waals surface area contributed by atoms with Gasteiger partial charge in [0, 0.05) is 38.0 Å². The van der Waals surface area contributed by atoms with Gasteiger partial charge < -0.3 is 15.0 Å². The Morgan fingerprint density at radius 3 is 2.44 bits per heavy atom. The van der Waals surface area contributed by atoms with Crippen LogP contribution in [-0.2, 0) is 9.59 Å². The van der Waals surface area contributed by atoms with Crippen LogP contribution in [0.5, 0.6) is 5.75 Å². The van der Waals surface area contributed by atoms with Crippen LogP contribution in [0.4, 0.5) is 0 Å². The number of nitrogens with zero attached hydrogens (tertiary/aromatic N) is 1. The number of amides is 2. The molecule has 0 saturated carbocycles. The summed E-state index contributed by atoms with van der Waals surface area (Å²) in [6.45, 7) is 7.56. The van der Waals surface area contributed by atoms with Crippen molar-refractivity contribution in [1.29, 1.82) is 0 Å². The average molecular weight is 374 g/mol. The third-order valence-corrected chi connectivity index (χ3v) is 5.17. The number of hydrogen-bond acceptors (Lipinski definition) is 4. The fourth-order valence-electron chi connectivity index (χ4n) is 3.46. The summed E-state index contributed by atoms with van der Waals surface area (Å²) >= 11 is 0. The van der Waals surface area contributed by atoms with E-state index in [-0.39, 0.29) is 17.7 Å². The molecule has 0 radical (unpaired) electrons. The molecular formula is C21H30N2O4. The SMILES string of the molecule is CCC(CC)C(=O)N1CCC(CNC(=O)c2cccc(OC(C)=O)c2)CC1. The summed E-state index contributed by atoms with van der Waals surface area (Å²) in [6.07, 6.45) is 3.58. The van der Waals surface area contributed by atoms with Crippen LogP contribution in [0.2, 0.25) is 0 Å². The molecule has 148 valence electrons. The number of rotatable bonds is 7. The number of benzene rings is 1. The van der Waals surface area contributed by atoms with Gasteiger partial charge in [-0.25, -0.2) is 0 Å². The number of hydrogen-bond donors (Lipinski definition) is 1.